The highest BCUT2D eigenvalue weighted by molar-refractivity contribution is 7.87. The minimum absolute atomic E-state index is 0.0231. The van der Waals surface area contributed by atoms with Gasteiger partial charge in [-0.1, -0.05) is 0 Å². The number of hydrogen-bond acceptors (Lipinski definition) is 7. The van der Waals surface area contributed by atoms with Gasteiger partial charge in [0.15, 0.2) is 5.79 Å². The Morgan fingerprint density at radius 1 is 1.00 bits per heavy atom. The largest absolute Gasteiger partial charge is 0.534 e. The number of urea groups is 1. The fraction of sp³-hybridized carbons (Fsp3) is 0.667. The van der Waals surface area contributed by atoms with Gasteiger partial charge in [0.2, 0.25) is 5.91 Å². The van der Waals surface area contributed by atoms with Crippen molar-refractivity contribution in [3.05, 3.63) is 47.2 Å². The first kappa shape index (κ1) is 35.9. The molecule has 46 heavy (non-hydrogen) atoms. The highest BCUT2D eigenvalue weighted by Crippen LogP contribution is 2.37. The summed E-state index contributed by atoms with van der Waals surface area (Å²) < 4.78 is 99.4. The van der Waals surface area contributed by atoms with Crippen LogP contribution in [0.3, 0.4) is 0 Å². The predicted molar refractivity (Wildman–Crippen MR) is 156 cm³/mol. The second-order valence-corrected chi connectivity index (χ2v) is 13.6. The first-order valence-electron chi connectivity index (χ1n) is 15.3. The van der Waals surface area contributed by atoms with Crippen molar-refractivity contribution in [2.24, 2.45) is 0 Å². The second-order valence-electron chi connectivity index (χ2n) is 12.0. The number of likely N-dealkylation sites (tertiary alicyclic amines) is 1. The molecule has 0 atom stereocenters. The molecule has 1 N–H and O–H groups in total. The van der Waals surface area contributed by atoms with Gasteiger partial charge in [-0.3, -0.25) is 4.79 Å². The highest BCUT2D eigenvalue weighted by Gasteiger charge is 2.49. The Hall–Kier alpha value is -2.98. The van der Waals surface area contributed by atoms with Crippen LogP contribution in [-0.2, 0) is 28.6 Å². The van der Waals surface area contributed by atoms with Gasteiger partial charge in [-0.05, 0) is 68.2 Å². The standard InChI is InChI=1S/C21H29F2N3O2.C9H11F3O5S/c1-14(27)26-9-7-20(8-10-26)25(2)21(28)24-19-5-3-15(4-6-19)16-11-17(22)13-18(23)12-16;10-9(11,12)18(13,14)17-7-1-3-8(4-2-7)15-5-6-16-8/h11-13,15,19-20H,3-10H2,1-2H3,(H,24,28);1H,2-6H2. The average molecular weight is 682 g/mol. The van der Waals surface area contributed by atoms with Crippen molar-refractivity contribution < 1.29 is 53.6 Å². The molecule has 16 heteroatoms. The number of nitrogens with one attached hydrogen (secondary N) is 1. The van der Waals surface area contributed by atoms with E-state index in [2.05, 4.69) is 9.50 Å². The molecule has 2 aliphatic heterocycles. The summed E-state index contributed by atoms with van der Waals surface area (Å²) in [4.78, 5) is 27.6. The molecule has 5 rings (SSSR count). The van der Waals surface area contributed by atoms with Crippen LogP contribution in [0.1, 0.15) is 76.2 Å². The lowest BCUT2D eigenvalue weighted by molar-refractivity contribution is -0.163. The van der Waals surface area contributed by atoms with Gasteiger partial charge in [0.25, 0.3) is 0 Å². The third kappa shape index (κ3) is 9.31. The minimum Gasteiger partial charge on any atom is -0.381 e. The molecule has 1 aromatic rings. The molecule has 2 heterocycles. The third-order valence-corrected chi connectivity index (χ3v) is 9.90. The number of allylic oxidation sites excluding steroid dienone is 1. The summed E-state index contributed by atoms with van der Waals surface area (Å²) in [7, 11) is -3.77. The fourth-order valence-corrected chi connectivity index (χ4v) is 6.73. The number of carbonyl (C=O) groups is 2. The topological polar surface area (TPSA) is 114 Å². The molecule has 0 unspecified atom stereocenters. The van der Waals surface area contributed by atoms with E-state index in [0.29, 0.717) is 31.9 Å². The Balaban J connectivity index is 0.000000230. The number of piperidine rings is 1. The molecule has 4 aliphatic rings. The number of halogens is 5. The van der Waals surface area contributed by atoms with E-state index in [1.54, 1.807) is 11.8 Å². The number of rotatable bonds is 5. The predicted octanol–water partition coefficient (Wildman–Crippen LogP) is 5.31. The van der Waals surface area contributed by atoms with Crippen LogP contribution in [0.5, 0.6) is 0 Å². The van der Waals surface area contributed by atoms with Gasteiger partial charge in [0.05, 0.1) is 13.2 Å². The number of hydrogen-bond donors (Lipinski definition) is 1. The second kappa shape index (κ2) is 14.8. The van der Waals surface area contributed by atoms with E-state index in [9.17, 15) is 40.0 Å². The number of carbonyl (C=O) groups excluding carboxylic acids is 2. The lowest BCUT2D eigenvalue weighted by atomic mass is 9.81. The van der Waals surface area contributed by atoms with Gasteiger partial charge in [0, 0.05) is 64.5 Å². The molecule has 2 saturated heterocycles. The molecule has 10 nitrogen and oxygen atoms in total. The Labute approximate surface area is 265 Å². The van der Waals surface area contributed by atoms with E-state index in [4.69, 9.17) is 9.47 Å². The van der Waals surface area contributed by atoms with Gasteiger partial charge in [-0.2, -0.15) is 21.6 Å². The summed E-state index contributed by atoms with van der Waals surface area (Å²) in [6.45, 7) is 3.79. The summed E-state index contributed by atoms with van der Waals surface area (Å²) in [5, 5.41) is 3.10. The number of benzene rings is 1. The Bertz CT molecular complexity index is 1350. The van der Waals surface area contributed by atoms with E-state index in [-0.39, 0.29) is 55.0 Å². The maximum Gasteiger partial charge on any atom is 0.534 e. The van der Waals surface area contributed by atoms with E-state index >= 15 is 0 Å². The number of alkyl halides is 3. The number of ether oxygens (including phenoxy) is 2. The Morgan fingerprint density at radius 3 is 2.09 bits per heavy atom. The number of amides is 3. The molecule has 2 aliphatic carbocycles. The first-order valence-corrected chi connectivity index (χ1v) is 16.7. The molecule has 3 fully saturated rings. The molecule has 1 saturated carbocycles. The summed E-state index contributed by atoms with van der Waals surface area (Å²) in [6.07, 6.45) is 6.51. The summed E-state index contributed by atoms with van der Waals surface area (Å²) in [6, 6.07) is 3.86. The van der Waals surface area contributed by atoms with Gasteiger partial charge >= 0.3 is 21.7 Å². The summed E-state index contributed by atoms with van der Waals surface area (Å²) in [5.74, 6) is -1.91. The van der Waals surface area contributed by atoms with Gasteiger partial charge in [-0.15, -0.1) is 0 Å². The first-order chi connectivity index (χ1) is 21.6. The lowest BCUT2D eigenvalue weighted by Crippen LogP contribution is -2.51. The normalized spacial score (nSPS) is 23.6. The van der Waals surface area contributed by atoms with Gasteiger partial charge in [-0.25, -0.2) is 13.6 Å². The maximum absolute atomic E-state index is 13.4. The quantitative estimate of drug-likeness (QED) is 0.255. The smallest absolute Gasteiger partial charge is 0.381 e. The molecular weight excluding hydrogens is 641 g/mol. The fourth-order valence-electron chi connectivity index (χ4n) is 6.20. The van der Waals surface area contributed by atoms with Crippen molar-refractivity contribution in [3.8, 4) is 0 Å². The zero-order chi connectivity index (χ0) is 33.7. The van der Waals surface area contributed by atoms with Crippen LogP contribution < -0.4 is 5.32 Å². The van der Waals surface area contributed by atoms with Crippen LogP contribution in [0.2, 0.25) is 0 Å². The van der Waals surface area contributed by atoms with E-state index in [1.807, 2.05) is 11.9 Å². The van der Waals surface area contributed by atoms with Crippen LogP contribution >= 0.6 is 0 Å². The van der Waals surface area contributed by atoms with Crippen LogP contribution in [0.15, 0.2) is 30.0 Å². The zero-order valence-corrected chi connectivity index (χ0v) is 26.6. The maximum atomic E-state index is 13.4. The summed E-state index contributed by atoms with van der Waals surface area (Å²) in [5.41, 5.74) is -4.71. The van der Waals surface area contributed by atoms with Crippen molar-refractivity contribution >= 4 is 22.1 Å². The van der Waals surface area contributed by atoms with Crippen molar-refractivity contribution in [3.63, 3.8) is 0 Å². The minimum atomic E-state index is -5.58. The number of nitrogens with zero attached hydrogens (tertiary/aromatic N) is 2. The van der Waals surface area contributed by atoms with Crippen molar-refractivity contribution in [2.75, 3.05) is 33.4 Å². The molecule has 1 aromatic carbocycles. The molecule has 258 valence electrons. The third-order valence-electron chi connectivity index (χ3n) is 8.90. The summed E-state index contributed by atoms with van der Waals surface area (Å²) >= 11 is 0. The zero-order valence-electron chi connectivity index (χ0n) is 25.8. The average Bonchev–Trinajstić information content (AvgIpc) is 3.45. The molecular formula is C30H40F5N3O7S. The van der Waals surface area contributed by atoms with Crippen LogP contribution in [-0.4, -0.2) is 86.9 Å². The molecule has 3 amide bonds. The van der Waals surface area contributed by atoms with Gasteiger partial charge in [0.1, 0.15) is 17.4 Å². The van der Waals surface area contributed by atoms with E-state index in [1.165, 1.54) is 18.2 Å². The van der Waals surface area contributed by atoms with E-state index < -0.39 is 33.0 Å². The van der Waals surface area contributed by atoms with Crippen LogP contribution in [0, 0.1) is 11.6 Å². The molecule has 0 bridgehead atoms. The monoisotopic (exact) mass is 681 g/mol. The Morgan fingerprint density at radius 2 is 1.59 bits per heavy atom. The van der Waals surface area contributed by atoms with Crippen LogP contribution in [0.25, 0.3) is 0 Å². The lowest BCUT2D eigenvalue weighted by Gasteiger charge is -2.37. The van der Waals surface area contributed by atoms with Crippen molar-refractivity contribution in [1.29, 1.82) is 0 Å². The highest BCUT2D eigenvalue weighted by atomic mass is 32.2. The Kier molecular flexibility index (Phi) is 11.6. The molecule has 0 aromatic heterocycles. The van der Waals surface area contributed by atoms with Gasteiger partial charge < -0.3 is 28.8 Å². The molecule has 0 radical (unpaired) electrons. The van der Waals surface area contributed by atoms with Crippen molar-refractivity contribution in [2.45, 2.75) is 94.0 Å². The van der Waals surface area contributed by atoms with Crippen LogP contribution in [0.4, 0.5) is 26.7 Å². The SMILES string of the molecule is CC(=O)N1CCC(N(C)C(=O)NC2CCC(c3cc(F)cc(F)c3)CC2)CC1.O=S(=O)(OC1=CCC2(CC1)OCCO2)C(F)(F)F. The van der Waals surface area contributed by atoms with Crippen molar-refractivity contribution in [1.82, 2.24) is 15.1 Å². The molecule has 1 spiro atoms. The van der Waals surface area contributed by atoms with E-state index in [0.717, 1.165) is 44.6 Å².